The number of anilines is 1. The second-order valence-corrected chi connectivity index (χ2v) is 4.72. The van der Waals surface area contributed by atoms with Crippen LogP contribution in [0.25, 0.3) is 0 Å². The van der Waals surface area contributed by atoms with Gasteiger partial charge < -0.3 is 5.73 Å². The molecule has 1 saturated carbocycles. The van der Waals surface area contributed by atoms with Gasteiger partial charge in [-0.3, -0.25) is 4.68 Å². The molecule has 0 spiro atoms. The standard InChI is InChI=1S/C9H11BrF3N3/c10-6-7(9(11,12)13)16(15-8(6)14)5-3-1-2-4-5/h5H,1-4H2,(H2,14,15). The molecule has 90 valence electrons. The fourth-order valence-electron chi connectivity index (χ4n) is 2.10. The van der Waals surface area contributed by atoms with Crippen molar-refractivity contribution in [1.82, 2.24) is 9.78 Å². The van der Waals surface area contributed by atoms with Gasteiger partial charge in [0.05, 0.1) is 10.5 Å². The molecule has 0 radical (unpaired) electrons. The monoisotopic (exact) mass is 297 g/mol. The van der Waals surface area contributed by atoms with Crippen LogP contribution in [-0.2, 0) is 6.18 Å². The van der Waals surface area contributed by atoms with Gasteiger partial charge >= 0.3 is 6.18 Å². The zero-order valence-electron chi connectivity index (χ0n) is 8.39. The molecule has 2 N–H and O–H groups in total. The predicted octanol–water partition coefficient (Wildman–Crippen LogP) is 3.36. The zero-order chi connectivity index (χ0) is 11.9. The number of aromatic nitrogens is 2. The number of alkyl halides is 3. The molecule has 0 saturated heterocycles. The summed E-state index contributed by atoms with van der Waals surface area (Å²) in [6, 6.07) is -0.176. The highest BCUT2D eigenvalue weighted by Gasteiger charge is 2.41. The fourth-order valence-corrected chi connectivity index (χ4v) is 2.58. The molecule has 0 atom stereocenters. The lowest BCUT2D eigenvalue weighted by Gasteiger charge is -2.15. The zero-order valence-corrected chi connectivity index (χ0v) is 9.98. The fraction of sp³-hybridized carbons (Fsp3) is 0.667. The van der Waals surface area contributed by atoms with E-state index < -0.39 is 11.9 Å². The van der Waals surface area contributed by atoms with Crippen LogP contribution >= 0.6 is 15.9 Å². The van der Waals surface area contributed by atoms with Gasteiger partial charge in [0, 0.05) is 0 Å². The quantitative estimate of drug-likeness (QED) is 0.864. The molecule has 2 rings (SSSR count). The average molecular weight is 298 g/mol. The van der Waals surface area contributed by atoms with E-state index in [9.17, 15) is 13.2 Å². The lowest BCUT2D eigenvalue weighted by Crippen LogP contribution is -2.18. The van der Waals surface area contributed by atoms with Crippen molar-refractivity contribution in [1.29, 1.82) is 0 Å². The molecule has 1 fully saturated rings. The number of nitrogens with two attached hydrogens (primary N) is 1. The van der Waals surface area contributed by atoms with Crippen LogP contribution in [-0.4, -0.2) is 9.78 Å². The van der Waals surface area contributed by atoms with Crippen molar-refractivity contribution in [3.63, 3.8) is 0 Å². The number of nitrogen functional groups attached to an aromatic ring is 1. The van der Waals surface area contributed by atoms with Crippen LogP contribution in [0.1, 0.15) is 37.4 Å². The van der Waals surface area contributed by atoms with Crippen LogP contribution < -0.4 is 5.73 Å². The van der Waals surface area contributed by atoms with Crippen molar-refractivity contribution >= 4 is 21.7 Å². The molecule has 0 bridgehead atoms. The minimum Gasteiger partial charge on any atom is -0.381 e. The van der Waals surface area contributed by atoms with Crippen molar-refractivity contribution in [2.75, 3.05) is 5.73 Å². The third-order valence-electron chi connectivity index (χ3n) is 2.82. The second kappa shape index (κ2) is 3.94. The average Bonchev–Trinajstić information content (AvgIpc) is 2.73. The van der Waals surface area contributed by atoms with Gasteiger partial charge in [-0.2, -0.15) is 18.3 Å². The summed E-state index contributed by atoms with van der Waals surface area (Å²) in [5.74, 6) is -0.0979. The molecular formula is C9H11BrF3N3. The lowest BCUT2D eigenvalue weighted by molar-refractivity contribution is -0.145. The summed E-state index contributed by atoms with van der Waals surface area (Å²) < 4.78 is 39.4. The van der Waals surface area contributed by atoms with Crippen LogP contribution in [0.5, 0.6) is 0 Å². The van der Waals surface area contributed by atoms with Gasteiger partial charge in [0.25, 0.3) is 0 Å². The van der Waals surface area contributed by atoms with Crippen LogP contribution in [0.4, 0.5) is 19.0 Å². The Labute approximate surface area is 98.9 Å². The van der Waals surface area contributed by atoms with Crippen LogP contribution in [0, 0.1) is 0 Å². The van der Waals surface area contributed by atoms with Gasteiger partial charge in [-0.05, 0) is 28.8 Å². The summed E-state index contributed by atoms with van der Waals surface area (Å²) in [5, 5.41) is 3.79. The number of hydrogen-bond acceptors (Lipinski definition) is 2. The number of nitrogens with zero attached hydrogens (tertiary/aromatic N) is 2. The highest BCUT2D eigenvalue weighted by Crippen LogP contribution is 2.41. The highest BCUT2D eigenvalue weighted by atomic mass is 79.9. The summed E-state index contributed by atoms with van der Waals surface area (Å²) in [5.41, 5.74) is 4.66. The van der Waals surface area contributed by atoms with E-state index in [4.69, 9.17) is 5.73 Å². The summed E-state index contributed by atoms with van der Waals surface area (Å²) >= 11 is 2.86. The van der Waals surface area contributed by atoms with Crippen LogP contribution in [0.2, 0.25) is 0 Å². The maximum Gasteiger partial charge on any atom is 0.434 e. The normalized spacial score (nSPS) is 18.2. The summed E-state index contributed by atoms with van der Waals surface area (Å²) in [7, 11) is 0. The summed E-state index contributed by atoms with van der Waals surface area (Å²) in [6.45, 7) is 0. The number of hydrogen-bond donors (Lipinski definition) is 1. The van der Waals surface area contributed by atoms with Crippen molar-refractivity contribution < 1.29 is 13.2 Å². The SMILES string of the molecule is Nc1nn(C2CCCC2)c(C(F)(F)F)c1Br. The lowest BCUT2D eigenvalue weighted by atomic mass is 10.2. The molecular weight excluding hydrogens is 287 g/mol. The summed E-state index contributed by atoms with van der Waals surface area (Å²) in [6.07, 6.45) is -1.07. The molecule has 1 aromatic heterocycles. The predicted molar refractivity (Wildman–Crippen MR) is 56.8 cm³/mol. The van der Waals surface area contributed by atoms with Crippen molar-refractivity contribution in [3.05, 3.63) is 10.2 Å². The Bertz CT molecular complexity index is 393. The van der Waals surface area contributed by atoms with Crippen molar-refractivity contribution in [2.24, 2.45) is 0 Å². The first-order valence-corrected chi connectivity index (χ1v) is 5.81. The van der Waals surface area contributed by atoms with E-state index in [1.807, 2.05) is 0 Å². The first kappa shape index (κ1) is 11.8. The molecule has 16 heavy (non-hydrogen) atoms. The molecule has 1 aliphatic rings. The third kappa shape index (κ3) is 1.92. The second-order valence-electron chi connectivity index (χ2n) is 3.93. The first-order chi connectivity index (χ1) is 7.41. The maximum absolute atomic E-state index is 12.8. The van der Waals surface area contributed by atoms with E-state index in [1.165, 1.54) is 0 Å². The van der Waals surface area contributed by atoms with E-state index in [2.05, 4.69) is 21.0 Å². The van der Waals surface area contributed by atoms with E-state index in [0.29, 0.717) is 0 Å². The van der Waals surface area contributed by atoms with Crippen molar-refractivity contribution in [2.45, 2.75) is 37.9 Å². The van der Waals surface area contributed by atoms with Gasteiger partial charge in [0.1, 0.15) is 0 Å². The molecule has 0 amide bonds. The Hall–Kier alpha value is -0.720. The van der Waals surface area contributed by atoms with E-state index in [0.717, 1.165) is 30.4 Å². The van der Waals surface area contributed by atoms with E-state index in [1.54, 1.807) is 0 Å². The molecule has 0 unspecified atom stereocenters. The molecule has 1 aliphatic carbocycles. The smallest absolute Gasteiger partial charge is 0.381 e. The van der Waals surface area contributed by atoms with Gasteiger partial charge in [0.15, 0.2) is 11.5 Å². The molecule has 7 heteroatoms. The number of rotatable bonds is 1. The van der Waals surface area contributed by atoms with Crippen molar-refractivity contribution in [3.8, 4) is 0 Å². The van der Waals surface area contributed by atoms with Gasteiger partial charge in [-0.25, -0.2) is 0 Å². The van der Waals surface area contributed by atoms with Gasteiger partial charge in [-0.15, -0.1) is 0 Å². The summed E-state index contributed by atoms with van der Waals surface area (Å²) in [4.78, 5) is 0. The van der Waals surface area contributed by atoms with Gasteiger partial charge in [0.2, 0.25) is 0 Å². The molecule has 0 aliphatic heterocycles. The Morgan fingerprint density at radius 3 is 2.38 bits per heavy atom. The highest BCUT2D eigenvalue weighted by molar-refractivity contribution is 9.10. The minimum atomic E-state index is -4.42. The van der Waals surface area contributed by atoms with E-state index in [-0.39, 0.29) is 16.3 Å². The Morgan fingerprint density at radius 2 is 1.88 bits per heavy atom. The van der Waals surface area contributed by atoms with E-state index >= 15 is 0 Å². The van der Waals surface area contributed by atoms with Crippen LogP contribution in [0.3, 0.4) is 0 Å². The maximum atomic E-state index is 12.8. The van der Waals surface area contributed by atoms with Crippen LogP contribution in [0.15, 0.2) is 4.47 Å². The molecule has 1 aromatic rings. The Morgan fingerprint density at radius 1 is 1.31 bits per heavy atom. The molecule has 3 nitrogen and oxygen atoms in total. The largest absolute Gasteiger partial charge is 0.434 e. The Balaban J connectivity index is 2.48. The van der Waals surface area contributed by atoms with Gasteiger partial charge in [-0.1, -0.05) is 12.8 Å². The molecule has 1 heterocycles. The minimum absolute atomic E-state index is 0.0979. The third-order valence-corrected chi connectivity index (χ3v) is 3.60. The topological polar surface area (TPSA) is 43.8 Å². The Kier molecular flexibility index (Phi) is 2.90. The molecule has 0 aromatic carbocycles. The first-order valence-electron chi connectivity index (χ1n) is 5.02. The number of halogens is 4.